The molecule has 24 heavy (non-hydrogen) atoms. The number of anilines is 2. The number of halogens is 1. The van der Waals surface area contributed by atoms with E-state index in [2.05, 4.69) is 32.3 Å². The third kappa shape index (κ3) is 4.15. The van der Waals surface area contributed by atoms with E-state index in [4.69, 9.17) is 0 Å². The third-order valence-corrected chi connectivity index (χ3v) is 5.22. The number of aryl methyl sites for hydroxylation is 1. The van der Waals surface area contributed by atoms with E-state index in [1.165, 1.54) is 12.8 Å². The molecule has 0 radical (unpaired) electrons. The number of likely N-dealkylation sites (tertiary alicyclic amines) is 1. The van der Waals surface area contributed by atoms with E-state index in [-0.39, 0.29) is 5.91 Å². The number of nitrogens with zero attached hydrogens (tertiary/aromatic N) is 2. The molecule has 126 valence electrons. The fourth-order valence-corrected chi connectivity index (χ4v) is 3.21. The van der Waals surface area contributed by atoms with Gasteiger partial charge in [0.1, 0.15) is 5.82 Å². The average Bonchev–Trinajstić information content (AvgIpc) is 2.87. The maximum atomic E-state index is 12.7. The van der Waals surface area contributed by atoms with Crippen molar-refractivity contribution in [1.82, 2.24) is 9.88 Å². The van der Waals surface area contributed by atoms with Crippen LogP contribution in [0.5, 0.6) is 0 Å². The molecule has 4 nitrogen and oxygen atoms in total. The molecule has 1 aliphatic heterocycles. The fraction of sp³-hybridized carbons (Fsp3) is 0.368. The monoisotopic (exact) mass is 387 g/mol. The second-order valence-corrected chi connectivity index (χ2v) is 7.08. The van der Waals surface area contributed by atoms with Crippen LogP contribution in [-0.4, -0.2) is 28.9 Å². The molecule has 0 saturated carbocycles. The van der Waals surface area contributed by atoms with E-state index < -0.39 is 0 Å². The van der Waals surface area contributed by atoms with Crippen LogP contribution in [0.15, 0.2) is 41.0 Å². The van der Waals surface area contributed by atoms with Gasteiger partial charge in [-0.05, 0) is 55.7 Å². The second kappa shape index (κ2) is 7.79. The molecular formula is C19H22BrN3O. The Morgan fingerprint density at radius 1 is 1.12 bits per heavy atom. The number of amides is 1. The highest BCUT2D eigenvalue weighted by molar-refractivity contribution is 9.10. The zero-order chi connectivity index (χ0) is 16.9. The van der Waals surface area contributed by atoms with Crippen molar-refractivity contribution < 1.29 is 4.79 Å². The molecule has 1 fully saturated rings. The molecule has 2 heterocycles. The first-order valence-corrected chi connectivity index (χ1v) is 9.21. The molecule has 0 spiro atoms. The van der Waals surface area contributed by atoms with Crippen LogP contribution in [0.1, 0.15) is 41.6 Å². The van der Waals surface area contributed by atoms with Gasteiger partial charge in [-0.25, -0.2) is 4.98 Å². The highest BCUT2D eigenvalue weighted by Crippen LogP contribution is 2.23. The minimum Gasteiger partial charge on any atom is -0.340 e. The first-order chi connectivity index (χ1) is 11.6. The molecule has 1 N–H and O–H groups in total. The highest BCUT2D eigenvalue weighted by atomic mass is 79.9. The topological polar surface area (TPSA) is 45.2 Å². The molecule has 1 aliphatic rings. The fourth-order valence-electron chi connectivity index (χ4n) is 2.96. The summed E-state index contributed by atoms with van der Waals surface area (Å²) in [6, 6.07) is 9.68. The van der Waals surface area contributed by atoms with Crippen molar-refractivity contribution in [2.75, 3.05) is 18.4 Å². The van der Waals surface area contributed by atoms with Gasteiger partial charge in [-0.1, -0.05) is 28.8 Å². The third-order valence-electron chi connectivity index (χ3n) is 4.33. The van der Waals surface area contributed by atoms with E-state index in [0.29, 0.717) is 11.4 Å². The smallest absolute Gasteiger partial charge is 0.254 e. The summed E-state index contributed by atoms with van der Waals surface area (Å²) >= 11 is 3.50. The molecule has 0 aliphatic carbocycles. The number of benzene rings is 1. The van der Waals surface area contributed by atoms with Gasteiger partial charge < -0.3 is 10.2 Å². The number of aromatic nitrogens is 1. The van der Waals surface area contributed by atoms with Crippen molar-refractivity contribution in [2.24, 2.45) is 0 Å². The van der Waals surface area contributed by atoms with E-state index in [0.717, 1.165) is 41.7 Å². The highest BCUT2D eigenvalue weighted by Gasteiger charge is 2.17. The van der Waals surface area contributed by atoms with Crippen molar-refractivity contribution in [2.45, 2.75) is 32.6 Å². The van der Waals surface area contributed by atoms with Gasteiger partial charge in [-0.2, -0.15) is 0 Å². The van der Waals surface area contributed by atoms with Crippen molar-refractivity contribution in [3.8, 4) is 0 Å². The Morgan fingerprint density at radius 2 is 1.88 bits per heavy atom. The van der Waals surface area contributed by atoms with Crippen LogP contribution in [0.3, 0.4) is 0 Å². The molecule has 0 unspecified atom stereocenters. The lowest BCUT2D eigenvalue weighted by atomic mass is 10.2. The first kappa shape index (κ1) is 17.0. The summed E-state index contributed by atoms with van der Waals surface area (Å²) in [4.78, 5) is 19.0. The largest absolute Gasteiger partial charge is 0.340 e. The Hall–Kier alpha value is -1.88. The number of hydrogen-bond donors (Lipinski definition) is 1. The zero-order valence-electron chi connectivity index (χ0n) is 13.9. The number of carbonyl (C=O) groups is 1. The van der Waals surface area contributed by atoms with Gasteiger partial charge in [0.05, 0.1) is 0 Å². The Balaban J connectivity index is 1.75. The van der Waals surface area contributed by atoms with Crippen LogP contribution < -0.4 is 5.32 Å². The SMILES string of the molecule is Cc1cc(Nc2cc(C(=O)N3CCCCCC3)ccn2)ccc1Br. The lowest BCUT2D eigenvalue weighted by molar-refractivity contribution is 0.0761. The van der Waals surface area contributed by atoms with Crippen molar-refractivity contribution >= 4 is 33.3 Å². The number of nitrogens with one attached hydrogen (secondary N) is 1. The minimum absolute atomic E-state index is 0.106. The van der Waals surface area contributed by atoms with Crippen LogP contribution in [-0.2, 0) is 0 Å². The van der Waals surface area contributed by atoms with E-state index >= 15 is 0 Å². The Morgan fingerprint density at radius 3 is 2.58 bits per heavy atom. The predicted molar refractivity (Wildman–Crippen MR) is 101 cm³/mol. The average molecular weight is 388 g/mol. The maximum Gasteiger partial charge on any atom is 0.254 e. The van der Waals surface area contributed by atoms with Crippen LogP contribution in [0.2, 0.25) is 0 Å². The maximum absolute atomic E-state index is 12.7. The number of rotatable bonds is 3. The normalized spacial score (nSPS) is 15.0. The summed E-state index contributed by atoms with van der Waals surface area (Å²) in [5.41, 5.74) is 2.81. The van der Waals surface area contributed by atoms with Crippen LogP contribution >= 0.6 is 15.9 Å². The van der Waals surface area contributed by atoms with E-state index in [1.807, 2.05) is 30.0 Å². The summed E-state index contributed by atoms with van der Waals surface area (Å²) in [7, 11) is 0. The molecule has 1 amide bonds. The van der Waals surface area contributed by atoms with Gasteiger partial charge in [0, 0.05) is 35.0 Å². The molecule has 5 heteroatoms. The predicted octanol–water partition coefficient (Wildman–Crippen LogP) is 4.91. The van der Waals surface area contributed by atoms with Gasteiger partial charge in [0.25, 0.3) is 5.91 Å². The van der Waals surface area contributed by atoms with E-state index in [9.17, 15) is 4.79 Å². The molecule has 3 rings (SSSR count). The Kier molecular flexibility index (Phi) is 5.51. The number of carbonyl (C=O) groups excluding carboxylic acids is 1. The second-order valence-electron chi connectivity index (χ2n) is 6.23. The molecule has 0 bridgehead atoms. The van der Waals surface area contributed by atoms with Gasteiger partial charge in [0.15, 0.2) is 0 Å². The minimum atomic E-state index is 0.106. The lowest BCUT2D eigenvalue weighted by Gasteiger charge is -2.20. The van der Waals surface area contributed by atoms with Crippen LogP contribution in [0.25, 0.3) is 0 Å². The van der Waals surface area contributed by atoms with Crippen LogP contribution in [0, 0.1) is 6.92 Å². The molecule has 1 aromatic heterocycles. The van der Waals surface area contributed by atoms with E-state index in [1.54, 1.807) is 12.3 Å². The van der Waals surface area contributed by atoms with Crippen molar-refractivity contribution in [3.05, 3.63) is 52.1 Å². The summed E-state index contributed by atoms with van der Waals surface area (Å²) < 4.78 is 1.08. The Labute approximate surface area is 151 Å². The summed E-state index contributed by atoms with van der Waals surface area (Å²) in [5, 5.41) is 3.28. The quantitative estimate of drug-likeness (QED) is 0.813. The van der Waals surface area contributed by atoms with Gasteiger partial charge in [-0.3, -0.25) is 4.79 Å². The van der Waals surface area contributed by atoms with Gasteiger partial charge in [-0.15, -0.1) is 0 Å². The van der Waals surface area contributed by atoms with Crippen molar-refractivity contribution in [3.63, 3.8) is 0 Å². The molecule has 1 aromatic carbocycles. The van der Waals surface area contributed by atoms with Crippen molar-refractivity contribution in [1.29, 1.82) is 0 Å². The molecule has 0 atom stereocenters. The molecule has 1 saturated heterocycles. The zero-order valence-corrected chi connectivity index (χ0v) is 15.5. The van der Waals surface area contributed by atoms with Crippen LogP contribution in [0.4, 0.5) is 11.5 Å². The first-order valence-electron chi connectivity index (χ1n) is 8.42. The van der Waals surface area contributed by atoms with Gasteiger partial charge in [0.2, 0.25) is 0 Å². The number of pyridine rings is 1. The number of hydrogen-bond acceptors (Lipinski definition) is 3. The van der Waals surface area contributed by atoms with Gasteiger partial charge >= 0.3 is 0 Å². The molecule has 2 aromatic rings. The summed E-state index contributed by atoms with van der Waals surface area (Å²) in [6.45, 7) is 3.76. The molecular weight excluding hydrogens is 366 g/mol. The Bertz CT molecular complexity index is 724. The summed E-state index contributed by atoms with van der Waals surface area (Å²) in [5.74, 6) is 0.798. The standard InChI is InChI=1S/C19H22BrN3O/c1-14-12-16(6-7-17(14)20)22-18-13-15(8-9-21-18)19(24)23-10-4-2-3-5-11-23/h6-9,12-13H,2-5,10-11H2,1H3,(H,21,22). The summed E-state index contributed by atoms with van der Waals surface area (Å²) in [6.07, 6.45) is 6.32. The lowest BCUT2D eigenvalue weighted by Crippen LogP contribution is -2.31.